The highest BCUT2D eigenvalue weighted by atomic mass is 15.1. The van der Waals surface area contributed by atoms with E-state index < -0.39 is 5.41 Å². The summed E-state index contributed by atoms with van der Waals surface area (Å²) in [6, 6.07) is 54.5. The molecule has 0 atom stereocenters. The number of fused-ring (bicyclic) bond motifs is 6. The molecule has 2 aliphatic carbocycles. The van der Waals surface area contributed by atoms with Crippen LogP contribution in [0.1, 0.15) is 40.7 Å². The second-order valence-corrected chi connectivity index (χ2v) is 13.1. The van der Waals surface area contributed by atoms with Crippen LogP contribution in [0.2, 0.25) is 0 Å². The summed E-state index contributed by atoms with van der Waals surface area (Å²) in [6.07, 6.45) is 8.40. The van der Waals surface area contributed by atoms with Gasteiger partial charge in [0.25, 0.3) is 0 Å². The van der Waals surface area contributed by atoms with Crippen molar-refractivity contribution in [2.45, 2.75) is 24.9 Å². The maximum Gasteiger partial charge on any atom is 0.160 e. The van der Waals surface area contributed by atoms with E-state index >= 15 is 0 Å². The molecule has 0 aliphatic heterocycles. The maximum atomic E-state index is 5.26. The molecule has 2 aliphatic rings. The Balaban J connectivity index is 1.30. The number of hydrogen-bond acceptors (Lipinski definition) is 1. The molecule has 244 valence electrons. The number of benzene rings is 6. The third-order valence-corrected chi connectivity index (χ3v) is 10.4. The number of aromatic nitrogens is 1. The zero-order valence-electron chi connectivity index (χ0n) is 28.3. The van der Waals surface area contributed by atoms with E-state index in [4.69, 9.17) is 9.98 Å². The summed E-state index contributed by atoms with van der Waals surface area (Å²) >= 11 is 0. The molecule has 7 aromatic rings. The Bertz CT molecular complexity index is 2510. The van der Waals surface area contributed by atoms with Crippen LogP contribution in [-0.4, -0.2) is 23.0 Å². The standard InChI is InChI=1S/C47H36N4/c1-48-45(33-18-6-2-7-19-33)50-46(34-20-8-3-9-21-34)49-32-51-43-29-17-15-27-38(43)40-30-39-37-26-14-16-28-41(37)47(42(39)31-44(40)51,35-22-10-4-11-23-35)36-24-12-5-13-25-36/h3-6,8-31H,1-2,7,32H2/b49-46-,50-45?. The van der Waals surface area contributed by atoms with Gasteiger partial charge in [0, 0.05) is 21.9 Å². The zero-order chi connectivity index (χ0) is 34.2. The highest BCUT2D eigenvalue weighted by Gasteiger charge is 2.46. The van der Waals surface area contributed by atoms with E-state index in [-0.39, 0.29) is 0 Å². The lowest BCUT2D eigenvalue weighted by atomic mass is 9.67. The van der Waals surface area contributed by atoms with E-state index in [1.807, 2.05) is 18.2 Å². The Labute approximate surface area is 298 Å². The Kier molecular flexibility index (Phi) is 7.70. The third-order valence-electron chi connectivity index (χ3n) is 10.4. The van der Waals surface area contributed by atoms with Crippen molar-refractivity contribution in [3.05, 3.63) is 203 Å². The monoisotopic (exact) mass is 656 g/mol. The van der Waals surface area contributed by atoms with Gasteiger partial charge in [-0.2, -0.15) is 0 Å². The molecule has 0 amide bonds. The topological polar surface area (TPSA) is 42.0 Å². The highest BCUT2D eigenvalue weighted by Crippen LogP contribution is 2.57. The average Bonchev–Trinajstić information content (AvgIpc) is 3.68. The lowest BCUT2D eigenvalue weighted by molar-refractivity contribution is 0.763. The van der Waals surface area contributed by atoms with Gasteiger partial charge in [0.05, 0.1) is 16.4 Å². The highest BCUT2D eigenvalue weighted by molar-refractivity contribution is 6.14. The maximum absolute atomic E-state index is 5.26. The second-order valence-electron chi connectivity index (χ2n) is 13.1. The predicted molar refractivity (Wildman–Crippen MR) is 213 cm³/mol. The van der Waals surface area contributed by atoms with Crippen LogP contribution in [0.5, 0.6) is 0 Å². The molecule has 51 heavy (non-hydrogen) atoms. The van der Waals surface area contributed by atoms with Crippen LogP contribution in [-0.2, 0) is 12.1 Å². The van der Waals surface area contributed by atoms with Crippen LogP contribution in [0, 0.1) is 0 Å². The van der Waals surface area contributed by atoms with Gasteiger partial charge in [-0.1, -0.05) is 152 Å². The first-order valence-electron chi connectivity index (χ1n) is 17.6. The van der Waals surface area contributed by atoms with E-state index in [1.165, 1.54) is 44.2 Å². The first-order valence-corrected chi connectivity index (χ1v) is 17.6. The van der Waals surface area contributed by atoms with Crippen molar-refractivity contribution in [3.63, 3.8) is 0 Å². The molecule has 1 aromatic heterocycles. The molecule has 4 nitrogen and oxygen atoms in total. The van der Waals surface area contributed by atoms with E-state index in [0.717, 1.165) is 35.0 Å². The first kappa shape index (κ1) is 30.7. The molecule has 0 saturated heterocycles. The molecular weight excluding hydrogens is 621 g/mol. The Morgan fingerprint density at radius 3 is 1.98 bits per heavy atom. The number of aliphatic imine (C=N–C) groups is 3. The van der Waals surface area contributed by atoms with Crippen molar-refractivity contribution < 1.29 is 0 Å². The normalized spacial score (nSPS) is 15.1. The van der Waals surface area contributed by atoms with E-state index in [0.29, 0.717) is 18.3 Å². The van der Waals surface area contributed by atoms with Crippen molar-refractivity contribution in [1.82, 2.24) is 4.57 Å². The van der Waals surface area contributed by atoms with Crippen LogP contribution in [0.15, 0.2) is 190 Å². The fraction of sp³-hybridized carbons (Fsp3) is 0.0851. The summed E-state index contributed by atoms with van der Waals surface area (Å²) in [5.41, 5.74) is 11.3. The number of para-hydroxylation sites is 1. The van der Waals surface area contributed by atoms with E-state index in [9.17, 15) is 0 Å². The SMILES string of the molecule is C=NC(=N/C(=N\Cn1c2ccccc2c2cc3c(cc21)C(c1ccccc1)(c1ccccc1)c1ccccc1-3)c1ccccc1)C1=CCCC=C1. The summed E-state index contributed by atoms with van der Waals surface area (Å²) in [5.74, 6) is 1.21. The Hall–Kier alpha value is -6.39. The number of hydrogen-bond donors (Lipinski definition) is 0. The van der Waals surface area contributed by atoms with Gasteiger partial charge >= 0.3 is 0 Å². The van der Waals surface area contributed by atoms with E-state index in [1.54, 1.807) is 0 Å². The molecule has 0 bridgehead atoms. The first-order chi connectivity index (χ1) is 25.3. The van der Waals surface area contributed by atoms with Crippen LogP contribution in [0.25, 0.3) is 32.9 Å². The summed E-state index contributed by atoms with van der Waals surface area (Å²) in [5, 5.41) is 2.41. The molecule has 1 heterocycles. The smallest absolute Gasteiger partial charge is 0.160 e. The molecule has 0 unspecified atom stereocenters. The number of amidine groups is 2. The minimum atomic E-state index is -0.488. The van der Waals surface area contributed by atoms with Gasteiger partial charge in [0.1, 0.15) is 6.67 Å². The van der Waals surface area contributed by atoms with E-state index in [2.05, 4.69) is 168 Å². The van der Waals surface area contributed by atoms with Crippen LogP contribution in [0.3, 0.4) is 0 Å². The van der Waals surface area contributed by atoms with Crippen molar-refractivity contribution in [2.75, 3.05) is 0 Å². The van der Waals surface area contributed by atoms with Gasteiger partial charge in [0.15, 0.2) is 11.7 Å². The average molecular weight is 657 g/mol. The molecule has 0 saturated carbocycles. The second kappa shape index (κ2) is 12.8. The molecule has 6 aromatic carbocycles. The van der Waals surface area contributed by atoms with Gasteiger partial charge in [0.2, 0.25) is 0 Å². The number of rotatable bonds is 6. The lowest BCUT2D eigenvalue weighted by Gasteiger charge is -2.34. The molecule has 9 rings (SSSR count). The summed E-state index contributed by atoms with van der Waals surface area (Å²) in [7, 11) is 0. The van der Waals surface area contributed by atoms with Gasteiger partial charge in [-0.3, -0.25) is 0 Å². The van der Waals surface area contributed by atoms with Crippen LogP contribution >= 0.6 is 0 Å². The summed E-state index contributed by atoms with van der Waals surface area (Å²) in [6.45, 7) is 4.25. The van der Waals surface area contributed by atoms with Crippen molar-refractivity contribution in [3.8, 4) is 11.1 Å². The summed E-state index contributed by atoms with van der Waals surface area (Å²) < 4.78 is 2.34. The minimum absolute atomic E-state index is 0.381. The van der Waals surface area contributed by atoms with Crippen LogP contribution in [0.4, 0.5) is 0 Å². The fourth-order valence-electron chi connectivity index (χ4n) is 8.12. The van der Waals surface area contributed by atoms with Gasteiger partial charge in [-0.15, -0.1) is 0 Å². The fourth-order valence-corrected chi connectivity index (χ4v) is 8.12. The van der Waals surface area contributed by atoms with Crippen LogP contribution < -0.4 is 0 Å². The molecule has 0 radical (unpaired) electrons. The largest absolute Gasteiger partial charge is 0.320 e. The molecule has 0 fully saturated rings. The van der Waals surface area contributed by atoms with Crippen molar-refractivity contribution in [1.29, 1.82) is 0 Å². The Morgan fingerprint density at radius 1 is 0.608 bits per heavy atom. The van der Waals surface area contributed by atoms with Gasteiger partial charge < -0.3 is 4.57 Å². The van der Waals surface area contributed by atoms with Crippen molar-refractivity contribution in [2.24, 2.45) is 15.0 Å². The third kappa shape index (κ3) is 5.02. The number of allylic oxidation sites excluding steroid dienone is 2. The molecular formula is C47H36N4. The molecule has 4 heteroatoms. The predicted octanol–water partition coefficient (Wildman–Crippen LogP) is 10.9. The minimum Gasteiger partial charge on any atom is -0.320 e. The Morgan fingerprint density at radius 2 is 1.27 bits per heavy atom. The van der Waals surface area contributed by atoms with Gasteiger partial charge in [-0.05, 0) is 71.1 Å². The molecule has 0 spiro atoms. The zero-order valence-corrected chi connectivity index (χ0v) is 28.3. The number of nitrogens with zero attached hydrogens (tertiary/aromatic N) is 4. The van der Waals surface area contributed by atoms with Gasteiger partial charge in [-0.25, -0.2) is 15.0 Å². The molecule has 0 N–H and O–H groups in total. The summed E-state index contributed by atoms with van der Waals surface area (Å²) in [4.78, 5) is 14.6. The quantitative estimate of drug-likeness (QED) is 0.126. The lowest BCUT2D eigenvalue weighted by Crippen LogP contribution is -2.28. The van der Waals surface area contributed by atoms with Crippen molar-refractivity contribution >= 4 is 40.2 Å².